The van der Waals surface area contributed by atoms with Gasteiger partial charge in [-0.05, 0) is 65.8 Å². The van der Waals surface area contributed by atoms with Crippen molar-refractivity contribution in [2.45, 2.75) is 47.8 Å². The van der Waals surface area contributed by atoms with Crippen LogP contribution in [0.3, 0.4) is 0 Å². The molecule has 0 radical (unpaired) electrons. The van der Waals surface area contributed by atoms with Crippen molar-refractivity contribution in [1.82, 2.24) is 0 Å². The van der Waals surface area contributed by atoms with Gasteiger partial charge in [0.1, 0.15) is 18.2 Å². The summed E-state index contributed by atoms with van der Waals surface area (Å²) in [6.45, 7) is 9.37. The minimum Gasteiger partial charge on any atom is -0.456 e. The average molecular weight is 559 g/mol. The lowest BCUT2D eigenvalue weighted by Crippen LogP contribution is -2.31. The Hall–Kier alpha value is -4.68. The molecule has 0 saturated heterocycles. The van der Waals surface area contributed by atoms with E-state index < -0.39 is 25.5 Å². The highest BCUT2D eigenvalue weighted by Gasteiger charge is 2.25. The van der Waals surface area contributed by atoms with Crippen LogP contribution in [0.15, 0.2) is 89.5 Å². The van der Waals surface area contributed by atoms with Crippen LogP contribution in [-0.4, -0.2) is 0 Å². The van der Waals surface area contributed by atoms with E-state index in [-0.39, 0.29) is 33.9 Å². The second-order valence-corrected chi connectivity index (χ2v) is 11.7. The molecule has 3 heteroatoms. The fourth-order valence-corrected chi connectivity index (χ4v) is 5.62. The van der Waals surface area contributed by atoms with Gasteiger partial charge in [0.25, 0.3) is 0 Å². The molecule has 4 aromatic carbocycles. The van der Waals surface area contributed by atoms with Crippen LogP contribution < -0.4 is 4.57 Å². The molecule has 3 nitrogen and oxygen atoms in total. The summed E-state index contributed by atoms with van der Waals surface area (Å²) in [5, 5.41) is 1.57. The molecule has 0 spiro atoms. The van der Waals surface area contributed by atoms with E-state index >= 15 is 0 Å². The fraction of sp³-hybridized carbons (Fsp3) is 0.231. The summed E-state index contributed by atoms with van der Waals surface area (Å²) >= 11 is 0. The van der Waals surface area contributed by atoms with Crippen molar-refractivity contribution >= 4 is 27.6 Å². The summed E-state index contributed by atoms with van der Waals surface area (Å²) in [7, 11) is 1.70. The molecule has 6 rings (SSSR count). The maximum Gasteiger partial charge on any atom is 0.216 e. The molecule has 0 aliphatic rings. The summed E-state index contributed by atoms with van der Waals surface area (Å²) in [5.41, 5.74) is 3.47. The SMILES string of the molecule is [2H]c1cc(C([2H])([2H])C(C)(C)C)cc(C([2H])([2H])[2H])c1-c1cc(-c2c(C)ccc3c2oc2c(-c4ccccc4)c([N+]#[C-])ccc23)[n+](C)cc1C([2H])([2H])[2H]. The molecule has 0 atom stereocenters. The number of hydrogen-bond donors (Lipinski definition) is 0. The van der Waals surface area contributed by atoms with Crippen molar-refractivity contribution in [2.75, 3.05) is 0 Å². The Morgan fingerprint density at radius 2 is 1.60 bits per heavy atom. The Morgan fingerprint density at radius 3 is 2.29 bits per heavy atom. The minimum atomic E-state index is -2.80. The van der Waals surface area contributed by atoms with Gasteiger partial charge in [0, 0.05) is 38.9 Å². The molecule has 0 saturated carbocycles. The van der Waals surface area contributed by atoms with Gasteiger partial charge >= 0.3 is 0 Å². The quantitative estimate of drug-likeness (QED) is 0.156. The van der Waals surface area contributed by atoms with Gasteiger partial charge in [-0.3, -0.25) is 0 Å². The van der Waals surface area contributed by atoms with E-state index in [0.717, 1.165) is 21.9 Å². The van der Waals surface area contributed by atoms with Gasteiger partial charge in [0.2, 0.25) is 5.69 Å². The van der Waals surface area contributed by atoms with Gasteiger partial charge in [0.05, 0.1) is 13.5 Å². The standard InChI is InChI=1S/C39H37N2O/c1-24-14-16-30-31-18-19-33(40-7)36(28-12-10-9-11-13-28)38(31)42-37(30)35(24)34-21-32(26(3)23-41(34)8)29-17-15-27(20-25(29)2)22-39(4,5)6/h9-21,23H,22H2,1-6,8H3/q+1/i2D3,3D3,17D,22D2. The van der Waals surface area contributed by atoms with Gasteiger partial charge in [-0.1, -0.05) is 93.5 Å². The topological polar surface area (TPSA) is 21.4 Å². The number of pyridine rings is 1. The minimum absolute atomic E-state index is 0.0305. The molecule has 2 heterocycles. The fourth-order valence-electron chi connectivity index (χ4n) is 5.62. The first-order valence-electron chi connectivity index (χ1n) is 18.3. The normalized spacial score (nSPS) is 15.9. The van der Waals surface area contributed by atoms with Crippen LogP contribution in [0.4, 0.5) is 5.69 Å². The maximum atomic E-state index is 9.12. The Kier molecular flexibility index (Phi) is 4.58. The van der Waals surface area contributed by atoms with Crippen LogP contribution in [-0.2, 0) is 13.4 Å². The molecule has 0 amide bonds. The Bertz CT molecular complexity index is 2390. The highest BCUT2D eigenvalue weighted by atomic mass is 16.3. The van der Waals surface area contributed by atoms with Crippen LogP contribution in [0, 0.1) is 32.6 Å². The van der Waals surface area contributed by atoms with E-state index in [2.05, 4.69) is 4.85 Å². The van der Waals surface area contributed by atoms with Crippen molar-refractivity contribution in [2.24, 2.45) is 12.5 Å². The van der Waals surface area contributed by atoms with E-state index in [0.29, 0.717) is 33.7 Å². The van der Waals surface area contributed by atoms with Crippen LogP contribution in [0.25, 0.3) is 60.3 Å². The zero-order chi connectivity index (χ0) is 37.4. The first-order chi connectivity index (χ1) is 23.7. The number of aromatic nitrogens is 1. The zero-order valence-electron chi connectivity index (χ0n) is 33.3. The third-order valence-corrected chi connectivity index (χ3v) is 7.44. The first kappa shape index (κ1) is 18.7. The Morgan fingerprint density at radius 1 is 0.881 bits per heavy atom. The highest BCUT2D eigenvalue weighted by Crippen LogP contribution is 2.44. The van der Waals surface area contributed by atoms with E-state index in [1.54, 1.807) is 44.5 Å². The largest absolute Gasteiger partial charge is 0.456 e. The van der Waals surface area contributed by atoms with Crippen LogP contribution in [0.5, 0.6) is 0 Å². The number of furan rings is 1. The predicted octanol–water partition coefficient (Wildman–Crippen LogP) is 10.5. The van der Waals surface area contributed by atoms with Crippen molar-refractivity contribution in [1.29, 1.82) is 0 Å². The van der Waals surface area contributed by atoms with Crippen LogP contribution in [0.2, 0.25) is 0 Å². The lowest BCUT2D eigenvalue weighted by atomic mass is 9.86. The summed E-state index contributed by atoms with van der Waals surface area (Å²) in [4.78, 5) is 3.77. The monoisotopic (exact) mass is 558 g/mol. The molecular formula is C39H37N2O+. The summed E-state index contributed by atoms with van der Waals surface area (Å²) < 4.78 is 86.0. The number of benzene rings is 4. The molecule has 0 aliphatic carbocycles. The van der Waals surface area contributed by atoms with Crippen LogP contribution in [0.1, 0.15) is 55.4 Å². The van der Waals surface area contributed by atoms with Crippen molar-refractivity contribution in [3.05, 3.63) is 119 Å². The molecule has 2 aromatic heterocycles. The van der Waals surface area contributed by atoms with Crippen molar-refractivity contribution in [3.63, 3.8) is 0 Å². The van der Waals surface area contributed by atoms with Gasteiger partial charge in [-0.25, -0.2) is 9.41 Å². The molecule has 0 bridgehead atoms. The highest BCUT2D eigenvalue weighted by molar-refractivity contribution is 6.15. The maximum absolute atomic E-state index is 9.12. The van der Waals surface area contributed by atoms with Gasteiger partial charge in [-0.2, -0.15) is 0 Å². The van der Waals surface area contributed by atoms with E-state index in [1.807, 2.05) is 55.5 Å². The molecule has 0 aliphatic heterocycles. The number of fused-ring (bicyclic) bond motifs is 3. The third-order valence-electron chi connectivity index (χ3n) is 7.44. The Balaban J connectivity index is 1.71. The summed E-state index contributed by atoms with van der Waals surface area (Å²) in [6, 6.07) is 20.9. The average Bonchev–Trinajstić information content (AvgIpc) is 3.41. The lowest BCUT2D eigenvalue weighted by molar-refractivity contribution is -0.660. The van der Waals surface area contributed by atoms with E-state index in [4.69, 9.17) is 23.3 Å². The summed E-state index contributed by atoms with van der Waals surface area (Å²) in [6.07, 6.45) is -0.557. The second-order valence-electron chi connectivity index (χ2n) is 11.7. The van der Waals surface area contributed by atoms with Crippen molar-refractivity contribution < 1.29 is 21.3 Å². The van der Waals surface area contributed by atoms with Gasteiger partial charge in [0.15, 0.2) is 11.9 Å². The predicted molar refractivity (Wildman–Crippen MR) is 175 cm³/mol. The number of nitrogens with zero attached hydrogens (tertiary/aromatic N) is 2. The Labute approximate surface area is 261 Å². The first-order valence-corrected chi connectivity index (χ1v) is 13.8. The zero-order valence-corrected chi connectivity index (χ0v) is 24.3. The molecule has 0 N–H and O–H groups in total. The van der Waals surface area contributed by atoms with Gasteiger partial charge in [-0.15, -0.1) is 0 Å². The third kappa shape index (κ3) is 4.78. The van der Waals surface area contributed by atoms with Gasteiger partial charge < -0.3 is 4.42 Å². The molecular weight excluding hydrogens is 512 g/mol. The van der Waals surface area contributed by atoms with Crippen molar-refractivity contribution in [3.8, 4) is 33.5 Å². The smallest absolute Gasteiger partial charge is 0.216 e. The van der Waals surface area contributed by atoms with E-state index in [9.17, 15) is 0 Å². The summed E-state index contributed by atoms with van der Waals surface area (Å²) in [5.74, 6) is 0. The molecule has 42 heavy (non-hydrogen) atoms. The number of rotatable bonds is 4. The molecule has 6 aromatic rings. The number of aryl methyl sites for hydroxylation is 4. The number of hydrogen-bond acceptors (Lipinski definition) is 1. The lowest BCUT2D eigenvalue weighted by Gasteiger charge is -2.19. The van der Waals surface area contributed by atoms with E-state index in [1.165, 1.54) is 18.3 Å². The van der Waals surface area contributed by atoms with Crippen LogP contribution >= 0.6 is 0 Å². The molecule has 0 unspecified atom stereocenters. The molecule has 0 fully saturated rings. The second kappa shape index (κ2) is 10.3. The molecule has 208 valence electrons.